The highest BCUT2D eigenvalue weighted by Crippen LogP contribution is 2.66. The fraction of sp³-hybridized carbons (Fsp3) is 0.0333. The van der Waals surface area contributed by atoms with Gasteiger partial charge in [-0.25, -0.2) is 0 Å². The average Bonchev–Trinajstić information content (AvgIpc) is 3.92. The van der Waals surface area contributed by atoms with E-state index < -0.39 is 10.8 Å². The Bertz CT molecular complexity index is 3470. The second-order valence-electron chi connectivity index (χ2n) is 17.0. The van der Waals surface area contributed by atoms with Crippen LogP contribution in [0.25, 0.3) is 66.4 Å². The summed E-state index contributed by atoms with van der Waals surface area (Å²) in [5.41, 5.74) is 22.2. The first-order valence-corrected chi connectivity index (χ1v) is 21.3. The van der Waals surface area contributed by atoms with Crippen LogP contribution in [0.15, 0.2) is 218 Å². The second kappa shape index (κ2) is 11.9. The highest BCUT2D eigenvalue weighted by atomic mass is 16.5. The number of fused-ring (bicyclic) bond motifs is 21. The van der Waals surface area contributed by atoms with E-state index in [1.54, 1.807) is 0 Å². The molecule has 0 amide bonds. The van der Waals surface area contributed by atoms with E-state index >= 15 is 0 Å². The molecule has 3 aliphatic carbocycles. The first-order chi connectivity index (χ1) is 30.3. The zero-order valence-electron chi connectivity index (χ0n) is 33.2. The van der Waals surface area contributed by atoms with Crippen molar-refractivity contribution in [3.8, 4) is 67.1 Å². The van der Waals surface area contributed by atoms with Gasteiger partial charge in [0.25, 0.3) is 0 Å². The van der Waals surface area contributed by atoms with Gasteiger partial charge >= 0.3 is 0 Å². The maximum absolute atomic E-state index is 6.74. The first-order valence-electron chi connectivity index (χ1n) is 21.3. The van der Waals surface area contributed by atoms with Gasteiger partial charge in [0.05, 0.1) is 10.8 Å². The molecule has 10 aromatic rings. The Hall–Kier alpha value is -7.74. The lowest BCUT2D eigenvalue weighted by molar-refractivity contribution is 0.436. The minimum atomic E-state index is -0.496. The molecule has 4 aliphatic rings. The van der Waals surface area contributed by atoms with Crippen molar-refractivity contribution >= 4 is 10.8 Å². The van der Waals surface area contributed by atoms with Gasteiger partial charge in [0.1, 0.15) is 11.5 Å². The standard InChI is InChI=1S/C60H36O/c1-2-15-42-38(14-1)32-34-46-45-18-5-9-23-50(45)60(58(42)46)51-24-10-6-19-47(51)57-41(20-13-26-53(57)60)39-30-28-37(29-31-39)40-33-35-56-54(36-40)59(52-25-11-12-27-55(52)61-56)48-21-7-3-16-43(48)44-17-4-8-22-49(44)59/h1-36H. The highest BCUT2D eigenvalue weighted by Gasteiger charge is 2.53. The number of rotatable bonds is 2. The molecule has 1 heteroatoms. The molecule has 0 fully saturated rings. The van der Waals surface area contributed by atoms with E-state index in [1.165, 1.54) is 111 Å². The SMILES string of the molecule is c1ccc2c(c1)Oc1ccc(-c3ccc(-c4cccc5c4-c4ccccc4C54c5ccccc5-c5ccc6ccccc6c54)cc3)cc1C21c2ccccc2-c2ccccc21. The quantitative estimate of drug-likeness (QED) is 0.170. The van der Waals surface area contributed by atoms with E-state index in [0.717, 1.165) is 11.5 Å². The highest BCUT2D eigenvalue weighted by molar-refractivity contribution is 6.06. The molecule has 61 heavy (non-hydrogen) atoms. The summed E-state index contributed by atoms with van der Waals surface area (Å²) in [7, 11) is 0. The number of para-hydroxylation sites is 1. The van der Waals surface area contributed by atoms with Crippen LogP contribution in [0.2, 0.25) is 0 Å². The minimum Gasteiger partial charge on any atom is -0.457 e. The van der Waals surface area contributed by atoms with Crippen molar-refractivity contribution in [2.45, 2.75) is 10.8 Å². The number of ether oxygens (including phenoxy) is 1. The summed E-state index contributed by atoms with van der Waals surface area (Å²) in [5.74, 6) is 1.82. The van der Waals surface area contributed by atoms with Gasteiger partial charge in [-0.15, -0.1) is 0 Å². The third-order valence-corrected chi connectivity index (χ3v) is 14.4. The van der Waals surface area contributed by atoms with E-state index in [4.69, 9.17) is 4.74 Å². The molecular weight excluding hydrogens is 737 g/mol. The number of hydrogen-bond acceptors (Lipinski definition) is 1. The van der Waals surface area contributed by atoms with Crippen LogP contribution in [-0.4, -0.2) is 0 Å². The molecule has 0 N–H and O–H groups in total. The molecule has 0 radical (unpaired) electrons. The van der Waals surface area contributed by atoms with Crippen LogP contribution in [0, 0.1) is 0 Å². The lowest BCUT2D eigenvalue weighted by Gasteiger charge is -2.39. The summed E-state index contributed by atoms with van der Waals surface area (Å²) in [6, 6.07) is 81.3. The average molecular weight is 773 g/mol. The fourth-order valence-electron chi connectivity index (χ4n) is 12.1. The van der Waals surface area contributed by atoms with E-state index in [1.807, 2.05) is 0 Å². The molecule has 1 nitrogen and oxygen atoms in total. The van der Waals surface area contributed by atoms with Crippen molar-refractivity contribution in [3.63, 3.8) is 0 Å². The lowest BCUT2D eigenvalue weighted by atomic mass is 9.66. The zero-order valence-corrected chi connectivity index (χ0v) is 33.2. The summed E-state index contributed by atoms with van der Waals surface area (Å²) < 4.78 is 6.74. The molecule has 1 aliphatic heterocycles. The molecule has 0 aromatic heterocycles. The maximum Gasteiger partial charge on any atom is 0.132 e. The van der Waals surface area contributed by atoms with Crippen molar-refractivity contribution in [2.24, 2.45) is 0 Å². The van der Waals surface area contributed by atoms with Crippen LogP contribution in [0.3, 0.4) is 0 Å². The third kappa shape index (κ3) is 4.06. The summed E-state index contributed by atoms with van der Waals surface area (Å²) in [5, 5.41) is 2.59. The Labute approximate surface area is 354 Å². The third-order valence-electron chi connectivity index (χ3n) is 14.4. The number of benzene rings is 10. The Kier molecular flexibility index (Phi) is 6.48. The Morgan fingerprint density at radius 3 is 1.52 bits per heavy atom. The fourth-order valence-corrected chi connectivity index (χ4v) is 12.1. The molecule has 1 unspecified atom stereocenters. The van der Waals surface area contributed by atoms with Crippen LogP contribution >= 0.6 is 0 Å². The van der Waals surface area contributed by atoms with Crippen molar-refractivity contribution in [1.29, 1.82) is 0 Å². The van der Waals surface area contributed by atoms with Crippen LogP contribution in [0.4, 0.5) is 0 Å². The van der Waals surface area contributed by atoms with Gasteiger partial charge in [0.15, 0.2) is 0 Å². The second-order valence-corrected chi connectivity index (χ2v) is 17.0. The predicted octanol–water partition coefficient (Wildman–Crippen LogP) is 15.0. The molecule has 0 saturated carbocycles. The Morgan fingerprint density at radius 2 is 0.787 bits per heavy atom. The van der Waals surface area contributed by atoms with Gasteiger partial charge < -0.3 is 4.74 Å². The van der Waals surface area contributed by atoms with E-state index in [-0.39, 0.29) is 0 Å². The van der Waals surface area contributed by atoms with Crippen LogP contribution in [0.5, 0.6) is 11.5 Å². The maximum atomic E-state index is 6.74. The normalized spacial score (nSPS) is 16.2. The van der Waals surface area contributed by atoms with E-state index in [2.05, 4.69) is 218 Å². The molecule has 2 spiro atoms. The van der Waals surface area contributed by atoms with E-state index in [9.17, 15) is 0 Å². The number of hydrogen-bond donors (Lipinski definition) is 0. The molecule has 1 heterocycles. The van der Waals surface area contributed by atoms with Gasteiger partial charge in [0, 0.05) is 11.1 Å². The van der Waals surface area contributed by atoms with Crippen LogP contribution in [-0.2, 0) is 10.8 Å². The van der Waals surface area contributed by atoms with Gasteiger partial charge in [-0.05, 0) is 118 Å². The zero-order chi connectivity index (χ0) is 39.9. The molecule has 10 aromatic carbocycles. The van der Waals surface area contributed by atoms with Gasteiger partial charge in [-0.2, -0.15) is 0 Å². The Balaban J connectivity index is 0.943. The van der Waals surface area contributed by atoms with Crippen molar-refractivity contribution < 1.29 is 4.74 Å². The molecule has 0 bridgehead atoms. The summed E-state index contributed by atoms with van der Waals surface area (Å²) in [6.45, 7) is 0. The first kappa shape index (κ1) is 33.1. The van der Waals surface area contributed by atoms with Gasteiger partial charge in [-0.3, -0.25) is 0 Å². The van der Waals surface area contributed by atoms with Crippen molar-refractivity contribution in [3.05, 3.63) is 263 Å². The monoisotopic (exact) mass is 772 g/mol. The lowest BCUT2D eigenvalue weighted by Crippen LogP contribution is -2.32. The minimum absolute atomic E-state index is 0.425. The molecule has 1 atom stereocenters. The van der Waals surface area contributed by atoms with E-state index in [0.29, 0.717) is 0 Å². The topological polar surface area (TPSA) is 9.23 Å². The van der Waals surface area contributed by atoms with Crippen LogP contribution in [0.1, 0.15) is 44.5 Å². The molecule has 14 rings (SSSR count). The van der Waals surface area contributed by atoms with Crippen molar-refractivity contribution in [1.82, 2.24) is 0 Å². The molecule has 282 valence electrons. The van der Waals surface area contributed by atoms with Gasteiger partial charge in [0.2, 0.25) is 0 Å². The molecule has 0 saturated heterocycles. The van der Waals surface area contributed by atoms with Gasteiger partial charge in [-0.1, -0.05) is 200 Å². The largest absolute Gasteiger partial charge is 0.457 e. The van der Waals surface area contributed by atoms with Crippen LogP contribution < -0.4 is 4.74 Å². The predicted molar refractivity (Wildman–Crippen MR) is 248 cm³/mol. The van der Waals surface area contributed by atoms with Crippen molar-refractivity contribution in [2.75, 3.05) is 0 Å². The smallest absolute Gasteiger partial charge is 0.132 e. The summed E-state index contributed by atoms with van der Waals surface area (Å²) >= 11 is 0. The summed E-state index contributed by atoms with van der Waals surface area (Å²) in [4.78, 5) is 0. The Morgan fingerprint density at radius 1 is 0.279 bits per heavy atom. The molecular formula is C60H36O. The summed E-state index contributed by atoms with van der Waals surface area (Å²) in [6.07, 6.45) is 0.